The van der Waals surface area contributed by atoms with Crippen molar-refractivity contribution in [2.45, 2.75) is 51.6 Å². The summed E-state index contributed by atoms with van der Waals surface area (Å²) in [7, 11) is 4.07. The Morgan fingerprint density at radius 1 is 1.30 bits per heavy atom. The Morgan fingerprint density at radius 2 is 2.15 bits per heavy atom. The molecular weight excluding hydrogens is 338 g/mol. The molecule has 1 aromatic heterocycles. The minimum atomic E-state index is 0.408. The first-order valence-electron chi connectivity index (χ1n) is 10.5. The van der Waals surface area contributed by atoms with Crippen LogP contribution >= 0.6 is 0 Å². The summed E-state index contributed by atoms with van der Waals surface area (Å²) in [5, 5.41) is 11.9. The Balaban J connectivity index is 1.43. The fourth-order valence-corrected chi connectivity index (χ4v) is 3.94. The van der Waals surface area contributed by atoms with Gasteiger partial charge in [-0.3, -0.25) is 9.67 Å². The number of nitrogens with zero attached hydrogens (tertiary/aromatic N) is 5. The van der Waals surface area contributed by atoms with Crippen molar-refractivity contribution in [1.29, 1.82) is 0 Å². The zero-order chi connectivity index (χ0) is 19.2. The van der Waals surface area contributed by atoms with Gasteiger partial charge in [-0.05, 0) is 58.8 Å². The molecule has 2 N–H and O–H groups in total. The number of aromatic nitrogens is 2. The van der Waals surface area contributed by atoms with Crippen LogP contribution in [0.5, 0.6) is 0 Å². The number of hydrogen-bond donors (Lipinski definition) is 2. The second-order valence-corrected chi connectivity index (χ2v) is 8.26. The highest BCUT2D eigenvalue weighted by atomic mass is 15.3. The summed E-state index contributed by atoms with van der Waals surface area (Å²) in [6, 6.07) is 0.835. The molecule has 1 aliphatic heterocycles. The van der Waals surface area contributed by atoms with E-state index in [-0.39, 0.29) is 0 Å². The van der Waals surface area contributed by atoms with Gasteiger partial charge in [-0.25, -0.2) is 0 Å². The minimum Gasteiger partial charge on any atom is -0.355 e. The third kappa shape index (κ3) is 5.69. The monoisotopic (exact) mass is 375 g/mol. The van der Waals surface area contributed by atoms with Crippen LogP contribution in [0.2, 0.25) is 0 Å². The molecule has 0 radical (unpaired) electrons. The summed E-state index contributed by atoms with van der Waals surface area (Å²) < 4.78 is 2.10. The molecule has 152 valence electrons. The Hall–Kier alpha value is -1.60. The van der Waals surface area contributed by atoms with Gasteiger partial charge in [-0.1, -0.05) is 0 Å². The molecule has 0 aromatic carbocycles. The van der Waals surface area contributed by atoms with E-state index >= 15 is 0 Å². The highest BCUT2D eigenvalue weighted by Crippen LogP contribution is 2.21. The maximum absolute atomic E-state index is 4.78. The molecule has 0 bridgehead atoms. The van der Waals surface area contributed by atoms with Crippen LogP contribution in [-0.2, 0) is 12.8 Å². The van der Waals surface area contributed by atoms with Gasteiger partial charge in [0.2, 0.25) is 0 Å². The largest absolute Gasteiger partial charge is 0.355 e. The van der Waals surface area contributed by atoms with Crippen molar-refractivity contribution in [3.05, 3.63) is 17.5 Å². The van der Waals surface area contributed by atoms with Gasteiger partial charge in [0.05, 0.1) is 5.69 Å². The van der Waals surface area contributed by atoms with E-state index in [2.05, 4.69) is 57.2 Å². The summed E-state index contributed by atoms with van der Waals surface area (Å²) >= 11 is 0. The minimum absolute atomic E-state index is 0.408. The molecule has 2 aliphatic rings. The lowest BCUT2D eigenvalue weighted by Crippen LogP contribution is -2.47. The number of rotatable bonds is 5. The van der Waals surface area contributed by atoms with Crippen LogP contribution in [0.1, 0.15) is 44.0 Å². The maximum atomic E-state index is 4.78. The fourth-order valence-electron chi connectivity index (χ4n) is 3.94. The van der Waals surface area contributed by atoms with Gasteiger partial charge < -0.3 is 20.4 Å². The topological polar surface area (TPSA) is 60.7 Å². The lowest BCUT2D eigenvalue weighted by molar-refractivity contribution is 0.279. The summed E-state index contributed by atoms with van der Waals surface area (Å²) in [6.45, 7) is 11.1. The van der Waals surface area contributed by atoms with E-state index in [1.54, 1.807) is 0 Å². The maximum Gasteiger partial charge on any atom is 0.191 e. The molecule has 1 unspecified atom stereocenters. The first-order chi connectivity index (χ1) is 13.0. The summed E-state index contributed by atoms with van der Waals surface area (Å²) in [4.78, 5) is 9.40. The highest BCUT2D eigenvalue weighted by molar-refractivity contribution is 5.80. The van der Waals surface area contributed by atoms with Crippen molar-refractivity contribution in [3.8, 4) is 0 Å². The zero-order valence-corrected chi connectivity index (χ0v) is 17.5. The van der Waals surface area contributed by atoms with E-state index in [9.17, 15) is 0 Å². The lowest BCUT2D eigenvalue weighted by Gasteiger charge is -2.25. The van der Waals surface area contributed by atoms with Crippen LogP contribution in [0.4, 0.5) is 0 Å². The molecule has 3 rings (SSSR count). The average molecular weight is 376 g/mol. The number of hydrogen-bond acceptors (Lipinski definition) is 4. The highest BCUT2D eigenvalue weighted by Gasteiger charge is 2.23. The van der Waals surface area contributed by atoms with Crippen LogP contribution in [0, 0.1) is 0 Å². The first-order valence-corrected chi connectivity index (χ1v) is 10.5. The quantitative estimate of drug-likeness (QED) is 0.597. The van der Waals surface area contributed by atoms with Crippen molar-refractivity contribution in [2.24, 2.45) is 4.99 Å². The number of likely N-dealkylation sites (N-methyl/N-ethyl adjacent to an activating group) is 1. The normalized spacial score (nSPS) is 22.6. The summed E-state index contributed by atoms with van der Waals surface area (Å²) in [5.74, 6) is 0.915. The standard InChI is InChI=1S/C20H37N7/c1-16(2)27-15-17-6-7-18(14-19(17)24-27)23-20(21-3)22-8-11-26-10-5-9-25(4)12-13-26/h15-16,18H,5-14H2,1-4H3,(H2,21,22,23). The van der Waals surface area contributed by atoms with Crippen LogP contribution in [-0.4, -0.2) is 84.9 Å². The second-order valence-electron chi connectivity index (χ2n) is 8.26. The van der Waals surface area contributed by atoms with Gasteiger partial charge in [-0.2, -0.15) is 5.10 Å². The molecule has 1 fully saturated rings. The fraction of sp³-hybridized carbons (Fsp3) is 0.800. The number of aliphatic imine (C=N–C) groups is 1. The van der Waals surface area contributed by atoms with Gasteiger partial charge >= 0.3 is 0 Å². The van der Waals surface area contributed by atoms with Crippen LogP contribution in [0.15, 0.2) is 11.2 Å². The van der Waals surface area contributed by atoms with Crippen molar-refractivity contribution >= 4 is 5.96 Å². The first kappa shape index (κ1) is 20.1. The Labute approximate surface area is 164 Å². The summed E-state index contributed by atoms with van der Waals surface area (Å²) in [6.07, 6.45) is 6.70. The Bertz CT molecular complexity index is 622. The Morgan fingerprint density at radius 3 is 2.93 bits per heavy atom. The predicted molar refractivity (Wildman–Crippen MR) is 111 cm³/mol. The van der Waals surface area contributed by atoms with E-state index in [4.69, 9.17) is 5.10 Å². The molecule has 1 atom stereocenters. The van der Waals surface area contributed by atoms with Gasteiger partial charge in [-0.15, -0.1) is 0 Å². The molecule has 0 amide bonds. The molecular formula is C20H37N7. The van der Waals surface area contributed by atoms with Gasteiger partial charge in [0, 0.05) is 57.9 Å². The van der Waals surface area contributed by atoms with Gasteiger partial charge in [0.1, 0.15) is 0 Å². The molecule has 0 saturated carbocycles. The second kappa shape index (κ2) is 9.55. The molecule has 27 heavy (non-hydrogen) atoms. The Kier molecular flexibility index (Phi) is 7.13. The lowest BCUT2D eigenvalue weighted by atomic mass is 9.94. The number of guanidine groups is 1. The molecule has 1 saturated heterocycles. The third-order valence-corrected chi connectivity index (χ3v) is 5.72. The van der Waals surface area contributed by atoms with Crippen LogP contribution in [0.25, 0.3) is 0 Å². The molecule has 2 heterocycles. The molecule has 7 heteroatoms. The smallest absolute Gasteiger partial charge is 0.191 e. The third-order valence-electron chi connectivity index (χ3n) is 5.72. The molecule has 0 spiro atoms. The zero-order valence-electron chi connectivity index (χ0n) is 17.5. The number of aryl methyl sites for hydroxylation is 1. The van der Waals surface area contributed by atoms with E-state index in [0.717, 1.165) is 44.9 Å². The SMILES string of the molecule is CN=C(NCCN1CCCN(C)CC1)NC1CCc2cn(C(C)C)nc2C1. The van der Waals surface area contributed by atoms with E-state index in [1.807, 2.05) is 7.05 Å². The van der Waals surface area contributed by atoms with Crippen molar-refractivity contribution in [2.75, 3.05) is 53.4 Å². The van der Waals surface area contributed by atoms with Crippen molar-refractivity contribution < 1.29 is 0 Å². The van der Waals surface area contributed by atoms with Gasteiger partial charge in [0.25, 0.3) is 0 Å². The average Bonchev–Trinajstić information content (AvgIpc) is 2.97. The number of fused-ring (bicyclic) bond motifs is 1. The van der Waals surface area contributed by atoms with E-state index in [1.165, 1.54) is 37.3 Å². The molecule has 1 aliphatic carbocycles. The summed E-state index contributed by atoms with van der Waals surface area (Å²) in [5.41, 5.74) is 2.66. The van der Waals surface area contributed by atoms with E-state index < -0.39 is 0 Å². The van der Waals surface area contributed by atoms with Crippen molar-refractivity contribution in [3.63, 3.8) is 0 Å². The van der Waals surface area contributed by atoms with Crippen LogP contribution < -0.4 is 10.6 Å². The predicted octanol–water partition coefficient (Wildman–Crippen LogP) is 1.12. The van der Waals surface area contributed by atoms with Crippen LogP contribution in [0.3, 0.4) is 0 Å². The van der Waals surface area contributed by atoms with Crippen molar-refractivity contribution in [1.82, 2.24) is 30.2 Å². The van der Waals surface area contributed by atoms with E-state index in [0.29, 0.717) is 12.1 Å². The van der Waals surface area contributed by atoms with Gasteiger partial charge in [0.15, 0.2) is 5.96 Å². The number of nitrogens with one attached hydrogen (secondary N) is 2. The molecule has 7 nitrogen and oxygen atoms in total. The molecule has 1 aromatic rings.